The summed E-state index contributed by atoms with van der Waals surface area (Å²) in [6.07, 6.45) is 0. The molecule has 0 saturated heterocycles. The fourth-order valence-corrected chi connectivity index (χ4v) is 1.88. The number of nitrogens with zero attached hydrogens (tertiary/aromatic N) is 2. The minimum atomic E-state index is 0.181. The second kappa shape index (κ2) is 5.50. The van der Waals surface area contributed by atoms with E-state index in [0.29, 0.717) is 11.5 Å². The van der Waals surface area contributed by atoms with Crippen LogP contribution < -0.4 is 5.32 Å². The molecule has 0 aliphatic heterocycles. The summed E-state index contributed by atoms with van der Waals surface area (Å²) < 4.78 is 0. The first-order valence-corrected chi connectivity index (χ1v) is 6.98. The third-order valence-corrected chi connectivity index (χ3v) is 4.12. The second-order valence-electron chi connectivity index (χ2n) is 6.18. The van der Waals surface area contributed by atoms with E-state index in [-0.39, 0.29) is 5.41 Å². The third kappa shape index (κ3) is 2.91. The zero-order valence-corrected chi connectivity index (χ0v) is 12.6. The molecule has 104 valence electrons. The highest BCUT2D eigenvalue weighted by Crippen LogP contribution is 2.27. The Morgan fingerprint density at radius 2 is 2.00 bits per heavy atom. The fraction of sp³-hybridized carbons (Fsp3) is 0.412. The molecular weight excluding hydrogens is 246 g/mol. The van der Waals surface area contributed by atoms with Crippen molar-refractivity contribution in [2.45, 2.75) is 27.7 Å². The van der Waals surface area contributed by atoms with E-state index in [1.54, 1.807) is 0 Å². The number of nitriles is 1. The Bertz CT molecular complexity index is 651. The van der Waals surface area contributed by atoms with Crippen molar-refractivity contribution in [1.29, 1.82) is 5.26 Å². The number of hydrogen-bond acceptors (Lipinski definition) is 3. The monoisotopic (exact) mass is 267 g/mol. The van der Waals surface area contributed by atoms with E-state index in [1.807, 2.05) is 30.3 Å². The molecule has 2 rings (SSSR count). The number of aromatic nitrogens is 1. The quantitative estimate of drug-likeness (QED) is 0.903. The van der Waals surface area contributed by atoms with E-state index in [2.05, 4.69) is 44.1 Å². The SMILES string of the molecule is CC(C)C(C)(C)CNc1cc(C#N)c2ccccc2n1. The summed E-state index contributed by atoms with van der Waals surface area (Å²) >= 11 is 0. The van der Waals surface area contributed by atoms with E-state index in [4.69, 9.17) is 0 Å². The highest BCUT2D eigenvalue weighted by atomic mass is 15.0. The molecule has 1 N–H and O–H groups in total. The van der Waals surface area contributed by atoms with Gasteiger partial charge in [-0.15, -0.1) is 0 Å². The van der Waals surface area contributed by atoms with Crippen LogP contribution in [0.3, 0.4) is 0 Å². The summed E-state index contributed by atoms with van der Waals surface area (Å²) in [7, 11) is 0. The predicted octanol–water partition coefficient (Wildman–Crippen LogP) is 4.20. The molecule has 0 radical (unpaired) electrons. The van der Waals surface area contributed by atoms with Gasteiger partial charge in [-0.25, -0.2) is 4.98 Å². The molecule has 0 fully saturated rings. The van der Waals surface area contributed by atoms with Crippen molar-refractivity contribution in [2.75, 3.05) is 11.9 Å². The lowest BCUT2D eigenvalue weighted by Crippen LogP contribution is -2.28. The van der Waals surface area contributed by atoms with Gasteiger partial charge in [0.15, 0.2) is 0 Å². The van der Waals surface area contributed by atoms with Crippen LogP contribution in [-0.2, 0) is 0 Å². The number of nitrogens with one attached hydrogen (secondary N) is 1. The number of para-hydroxylation sites is 1. The van der Waals surface area contributed by atoms with E-state index in [0.717, 1.165) is 23.3 Å². The molecule has 0 spiro atoms. The summed E-state index contributed by atoms with van der Waals surface area (Å²) in [5.74, 6) is 1.35. The Hall–Kier alpha value is -2.08. The van der Waals surface area contributed by atoms with Crippen molar-refractivity contribution < 1.29 is 0 Å². The molecule has 0 atom stereocenters. The van der Waals surface area contributed by atoms with Gasteiger partial charge in [-0.2, -0.15) is 5.26 Å². The predicted molar refractivity (Wildman–Crippen MR) is 83.6 cm³/mol. The summed E-state index contributed by atoms with van der Waals surface area (Å²) in [5.41, 5.74) is 1.71. The van der Waals surface area contributed by atoms with Gasteiger partial charge in [0, 0.05) is 11.9 Å². The number of hydrogen-bond donors (Lipinski definition) is 1. The largest absolute Gasteiger partial charge is 0.369 e. The summed E-state index contributed by atoms with van der Waals surface area (Å²) in [4.78, 5) is 4.58. The molecule has 20 heavy (non-hydrogen) atoms. The van der Waals surface area contributed by atoms with Gasteiger partial charge in [-0.3, -0.25) is 0 Å². The molecule has 1 aromatic carbocycles. The van der Waals surface area contributed by atoms with Crippen LogP contribution in [0.15, 0.2) is 30.3 Å². The molecule has 0 aliphatic carbocycles. The Kier molecular flexibility index (Phi) is 3.94. The maximum Gasteiger partial charge on any atom is 0.128 e. The van der Waals surface area contributed by atoms with Gasteiger partial charge in [-0.05, 0) is 23.5 Å². The van der Waals surface area contributed by atoms with Gasteiger partial charge in [0.25, 0.3) is 0 Å². The lowest BCUT2D eigenvalue weighted by molar-refractivity contribution is 0.269. The lowest BCUT2D eigenvalue weighted by atomic mass is 9.81. The number of fused-ring (bicyclic) bond motifs is 1. The average molecular weight is 267 g/mol. The van der Waals surface area contributed by atoms with Crippen molar-refractivity contribution in [3.05, 3.63) is 35.9 Å². The molecule has 0 amide bonds. The number of anilines is 1. The first-order valence-electron chi connectivity index (χ1n) is 6.98. The van der Waals surface area contributed by atoms with E-state index in [1.165, 1.54) is 0 Å². The van der Waals surface area contributed by atoms with Crippen LogP contribution in [0.25, 0.3) is 10.9 Å². The van der Waals surface area contributed by atoms with Gasteiger partial charge in [0.05, 0.1) is 17.1 Å². The third-order valence-electron chi connectivity index (χ3n) is 4.12. The van der Waals surface area contributed by atoms with Crippen LogP contribution in [0, 0.1) is 22.7 Å². The van der Waals surface area contributed by atoms with E-state index in [9.17, 15) is 5.26 Å². The Labute approximate surface area is 120 Å². The molecule has 3 heteroatoms. The van der Waals surface area contributed by atoms with Crippen LogP contribution in [0.1, 0.15) is 33.3 Å². The Morgan fingerprint density at radius 3 is 2.65 bits per heavy atom. The number of rotatable bonds is 4. The first-order chi connectivity index (χ1) is 9.44. The van der Waals surface area contributed by atoms with E-state index < -0.39 is 0 Å². The van der Waals surface area contributed by atoms with Crippen LogP contribution in [-0.4, -0.2) is 11.5 Å². The smallest absolute Gasteiger partial charge is 0.128 e. The molecule has 0 unspecified atom stereocenters. The minimum absolute atomic E-state index is 0.181. The fourth-order valence-electron chi connectivity index (χ4n) is 1.88. The second-order valence-corrected chi connectivity index (χ2v) is 6.18. The van der Waals surface area contributed by atoms with Crippen LogP contribution in [0.4, 0.5) is 5.82 Å². The molecule has 2 aromatic rings. The molecule has 1 heterocycles. The van der Waals surface area contributed by atoms with Gasteiger partial charge in [0.1, 0.15) is 5.82 Å². The molecular formula is C17H21N3. The van der Waals surface area contributed by atoms with Crippen LogP contribution in [0.5, 0.6) is 0 Å². The highest BCUT2D eigenvalue weighted by molar-refractivity contribution is 5.86. The van der Waals surface area contributed by atoms with Crippen molar-refractivity contribution >= 4 is 16.7 Å². The molecule has 0 bridgehead atoms. The topological polar surface area (TPSA) is 48.7 Å². The summed E-state index contributed by atoms with van der Waals surface area (Å²) in [6.45, 7) is 9.74. The zero-order chi connectivity index (χ0) is 14.8. The van der Waals surface area contributed by atoms with Crippen molar-refractivity contribution in [2.24, 2.45) is 11.3 Å². The summed E-state index contributed by atoms with van der Waals surface area (Å²) in [5, 5.41) is 13.5. The molecule has 3 nitrogen and oxygen atoms in total. The minimum Gasteiger partial charge on any atom is -0.369 e. The Balaban J connectivity index is 2.30. The number of pyridine rings is 1. The first kappa shape index (κ1) is 14.3. The molecule has 1 aromatic heterocycles. The van der Waals surface area contributed by atoms with Gasteiger partial charge in [0.2, 0.25) is 0 Å². The lowest BCUT2D eigenvalue weighted by Gasteiger charge is -2.29. The van der Waals surface area contributed by atoms with Gasteiger partial charge >= 0.3 is 0 Å². The zero-order valence-electron chi connectivity index (χ0n) is 12.6. The summed E-state index contributed by atoms with van der Waals surface area (Å²) in [6, 6.07) is 11.8. The van der Waals surface area contributed by atoms with E-state index >= 15 is 0 Å². The maximum atomic E-state index is 9.27. The standard InChI is InChI=1S/C17H21N3/c1-12(2)17(3,4)11-19-16-9-13(10-18)14-7-5-6-8-15(14)20-16/h5-9,12H,11H2,1-4H3,(H,19,20). The molecule has 0 aliphatic rings. The van der Waals surface area contributed by atoms with Crippen LogP contribution in [0.2, 0.25) is 0 Å². The van der Waals surface area contributed by atoms with Crippen molar-refractivity contribution in [3.63, 3.8) is 0 Å². The average Bonchev–Trinajstić information content (AvgIpc) is 2.44. The van der Waals surface area contributed by atoms with Crippen molar-refractivity contribution in [3.8, 4) is 6.07 Å². The molecule has 0 saturated carbocycles. The Morgan fingerprint density at radius 1 is 1.30 bits per heavy atom. The highest BCUT2D eigenvalue weighted by Gasteiger charge is 2.22. The number of benzene rings is 1. The van der Waals surface area contributed by atoms with Crippen molar-refractivity contribution in [1.82, 2.24) is 4.98 Å². The van der Waals surface area contributed by atoms with Gasteiger partial charge < -0.3 is 5.32 Å². The van der Waals surface area contributed by atoms with Gasteiger partial charge in [-0.1, -0.05) is 45.9 Å². The van der Waals surface area contributed by atoms with Crippen LogP contribution >= 0.6 is 0 Å². The normalized spacial score (nSPS) is 11.6. The maximum absolute atomic E-state index is 9.27.